The second-order valence-corrected chi connectivity index (χ2v) is 8.18. The van der Waals surface area contributed by atoms with Gasteiger partial charge in [-0.1, -0.05) is 36.4 Å². The third-order valence-electron chi connectivity index (χ3n) is 6.28. The lowest BCUT2D eigenvalue weighted by atomic mass is 9.92. The largest absolute Gasteiger partial charge is 0.489 e. The molecule has 1 N–H and O–H groups in total. The van der Waals surface area contributed by atoms with Gasteiger partial charge >= 0.3 is 0 Å². The van der Waals surface area contributed by atoms with Crippen LogP contribution in [-0.4, -0.2) is 37.0 Å². The van der Waals surface area contributed by atoms with E-state index in [0.717, 1.165) is 62.2 Å². The maximum Gasteiger partial charge on any atom is 0.226 e. The van der Waals surface area contributed by atoms with Crippen LogP contribution in [0.3, 0.4) is 0 Å². The van der Waals surface area contributed by atoms with Gasteiger partial charge in [-0.25, -0.2) is 0 Å². The molecule has 2 aliphatic rings. The monoisotopic (exact) mass is 378 g/mol. The molecular weight excluding hydrogens is 348 g/mol. The summed E-state index contributed by atoms with van der Waals surface area (Å²) < 4.78 is 5.98. The SMILES string of the molecule is Cc1ccccc1COc1cccc(CC(=O)N2CC[C@@H]3CNC[C@@H]3CC2)c1. The molecule has 2 heterocycles. The number of carbonyl (C=O) groups is 1. The van der Waals surface area contributed by atoms with Gasteiger partial charge in [0.2, 0.25) is 5.91 Å². The summed E-state index contributed by atoms with van der Waals surface area (Å²) in [5.74, 6) is 2.56. The molecule has 0 bridgehead atoms. The summed E-state index contributed by atoms with van der Waals surface area (Å²) in [7, 11) is 0. The fraction of sp³-hybridized carbons (Fsp3) is 0.458. The van der Waals surface area contributed by atoms with Gasteiger partial charge in [-0.05, 0) is 73.5 Å². The van der Waals surface area contributed by atoms with Crippen LogP contribution in [0.15, 0.2) is 48.5 Å². The van der Waals surface area contributed by atoms with Crippen molar-refractivity contribution in [3.05, 3.63) is 65.2 Å². The molecule has 4 heteroatoms. The Balaban J connectivity index is 1.34. The van der Waals surface area contributed by atoms with Gasteiger partial charge in [0.05, 0.1) is 6.42 Å². The summed E-state index contributed by atoms with van der Waals surface area (Å²) in [6.45, 7) is 6.67. The summed E-state index contributed by atoms with van der Waals surface area (Å²) in [5, 5.41) is 3.49. The molecule has 2 saturated heterocycles. The van der Waals surface area contributed by atoms with Crippen LogP contribution < -0.4 is 10.1 Å². The first-order valence-corrected chi connectivity index (χ1v) is 10.4. The zero-order valence-corrected chi connectivity index (χ0v) is 16.7. The molecular formula is C24H30N2O2. The normalized spacial score (nSPS) is 21.8. The van der Waals surface area contributed by atoms with Crippen LogP contribution in [0.5, 0.6) is 5.75 Å². The number of nitrogens with zero attached hydrogens (tertiary/aromatic N) is 1. The van der Waals surface area contributed by atoms with E-state index in [1.807, 2.05) is 36.4 Å². The molecule has 2 aliphatic heterocycles. The summed E-state index contributed by atoms with van der Waals surface area (Å²) in [4.78, 5) is 14.9. The number of benzene rings is 2. The third-order valence-corrected chi connectivity index (χ3v) is 6.28. The molecule has 0 unspecified atom stereocenters. The molecule has 0 saturated carbocycles. The Hall–Kier alpha value is -2.33. The second-order valence-electron chi connectivity index (χ2n) is 8.18. The van der Waals surface area contributed by atoms with E-state index in [-0.39, 0.29) is 5.91 Å². The molecule has 2 aromatic carbocycles. The first kappa shape index (κ1) is 19.0. The van der Waals surface area contributed by atoms with Gasteiger partial charge in [0.25, 0.3) is 0 Å². The van der Waals surface area contributed by atoms with Crippen LogP contribution in [0.25, 0.3) is 0 Å². The molecule has 2 atom stereocenters. The minimum atomic E-state index is 0.240. The minimum Gasteiger partial charge on any atom is -0.489 e. The maximum atomic E-state index is 12.8. The Morgan fingerprint density at radius 2 is 1.82 bits per heavy atom. The fourth-order valence-electron chi connectivity index (χ4n) is 4.43. The highest BCUT2D eigenvalue weighted by Crippen LogP contribution is 2.27. The van der Waals surface area contributed by atoms with E-state index in [1.54, 1.807) is 0 Å². The van der Waals surface area contributed by atoms with Gasteiger partial charge < -0.3 is 15.0 Å². The van der Waals surface area contributed by atoms with Crippen molar-refractivity contribution in [2.45, 2.75) is 32.8 Å². The molecule has 1 amide bonds. The van der Waals surface area contributed by atoms with Crippen LogP contribution in [0, 0.1) is 18.8 Å². The summed E-state index contributed by atoms with van der Waals surface area (Å²) in [5.41, 5.74) is 3.45. The average molecular weight is 379 g/mol. The Kier molecular flexibility index (Phi) is 5.96. The Bertz CT molecular complexity index is 806. The summed E-state index contributed by atoms with van der Waals surface area (Å²) in [6, 6.07) is 16.2. The highest BCUT2D eigenvalue weighted by atomic mass is 16.5. The number of hydrogen-bond acceptors (Lipinski definition) is 3. The average Bonchev–Trinajstić information content (AvgIpc) is 3.05. The third kappa shape index (κ3) is 4.56. The lowest BCUT2D eigenvalue weighted by Crippen LogP contribution is -2.33. The molecule has 148 valence electrons. The number of hydrogen-bond donors (Lipinski definition) is 1. The number of amides is 1. The summed E-state index contributed by atoms with van der Waals surface area (Å²) in [6.07, 6.45) is 2.71. The summed E-state index contributed by atoms with van der Waals surface area (Å²) >= 11 is 0. The van der Waals surface area contributed by atoms with E-state index in [0.29, 0.717) is 13.0 Å². The number of carbonyl (C=O) groups excluding carboxylic acids is 1. The van der Waals surface area contributed by atoms with Crippen LogP contribution in [0.2, 0.25) is 0 Å². The molecule has 2 fully saturated rings. The zero-order valence-electron chi connectivity index (χ0n) is 16.7. The van der Waals surface area contributed by atoms with Crippen molar-refractivity contribution in [1.82, 2.24) is 10.2 Å². The van der Waals surface area contributed by atoms with E-state index in [9.17, 15) is 4.79 Å². The van der Waals surface area contributed by atoms with Gasteiger partial charge in [-0.2, -0.15) is 0 Å². The maximum absolute atomic E-state index is 12.8. The lowest BCUT2D eigenvalue weighted by Gasteiger charge is -2.21. The van der Waals surface area contributed by atoms with Crippen molar-refractivity contribution in [1.29, 1.82) is 0 Å². The molecule has 4 rings (SSSR count). The Morgan fingerprint density at radius 1 is 1.07 bits per heavy atom. The van der Waals surface area contributed by atoms with E-state index in [4.69, 9.17) is 4.74 Å². The minimum absolute atomic E-state index is 0.240. The number of fused-ring (bicyclic) bond motifs is 1. The van der Waals surface area contributed by atoms with Crippen LogP contribution in [0.1, 0.15) is 29.5 Å². The standard InChI is InChI=1S/C24H30N2O2/c1-18-5-2-3-7-22(18)17-28-23-8-4-6-19(13-23)14-24(27)26-11-9-20-15-25-16-21(20)10-12-26/h2-8,13,20-21,25H,9-12,14-17H2,1H3/t20-,21+. The highest BCUT2D eigenvalue weighted by molar-refractivity contribution is 5.79. The predicted molar refractivity (Wildman–Crippen MR) is 111 cm³/mol. The van der Waals surface area contributed by atoms with Crippen LogP contribution >= 0.6 is 0 Å². The fourth-order valence-corrected chi connectivity index (χ4v) is 4.43. The number of aryl methyl sites for hydroxylation is 1. The molecule has 0 spiro atoms. The lowest BCUT2D eigenvalue weighted by molar-refractivity contribution is -0.130. The van der Waals surface area contributed by atoms with Crippen molar-refractivity contribution in [2.24, 2.45) is 11.8 Å². The van der Waals surface area contributed by atoms with Crippen LogP contribution in [-0.2, 0) is 17.8 Å². The van der Waals surface area contributed by atoms with Gasteiger partial charge in [0.15, 0.2) is 0 Å². The van der Waals surface area contributed by atoms with Crippen LogP contribution in [0.4, 0.5) is 0 Å². The van der Waals surface area contributed by atoms with Gasteiger partial charge in [-0.3, -0.25) is 4.79 Å². The van der Waals surface area contributed by atoms with E-state index in [1.165, 1.54) is 11.1 Å². The zero-order chi connectivity index (χ0) is 19.3. The van der Waals surface area contributed by atoms with E-state index < -0.39 is 0 Å². The first-order valence-electron chi connectivity index (χ1n) is 10.4. The van der Waals surface area contributed by atoms with Crippen molar-refractivity contribution < 1.29 is 9.53 Å². The van der Waals surface area contributed by atoms with E-state index in [2.05, 4.69) is 29.3 Å². The van der Waals surface area contributed by atoms with Crippen molar-refractivity contribution >= 4 is 5.91 Å². The first-order chi connectivity index (χ1) is 13.7. The molecule has 0 radical (unpaired) electrons. The van der Waals surface area contributed by atoms with Gasteiger partial charge in [0, 0.05) is 13.1 Å². The predicted octanol–water partition coefficient (Wildman–Crippen LogP) is 3.57. The van der Waals surface area contributed by atoms with Crippen molar-refractivity contribution in [3.63, 3.8) is 0 Å². The molecule has 2 aromatic rings. The van der Waals surface area contributed by atoms with Gasteiger partial charge in [0.1, 0.15) is 12.4 Å². The number of rotatable bonds is 5. The van der Waals surface area contributed by atoms with Gasteiger partial charge in [-0.15, -0.1) is 0 Å². The number of ether oxygens (including phenoxy) is 1. The van der Waals surface area contributed by atoms with Crippen molar-refractivity contribution in [2.75, 3.05) is 26.2 Å². The Morgan fingerprint density at radius 3 is 2.57 bits per heavy atom. The molecule has 28 heavy (non-hydrogen) atoms. The molecule has 0 aromatic heterocycles. The highest BCUT2D eigenvalue weighted by Gasteiger charge is 2.31. The quantitative estimate of drug-likeness (QED) is 0.865. The smallest absolute Gasteiger partial charge is 0.226 e. The molecule has 4 nitrogen and oxygen atoms in total. The van der Waals surface area contributed by atoms with Crippen molar-refractivity contribution in [3.8, 4) is 5.75 Å². The Labute approximate surface area is 167 Å². The number of nitrogens with one attached hydrogen (secondary N) is 1. The van der Waals surface area contributed by atoms with E-state index >= 15 is 0 Å². The number of likely N-dealkylation sites (tertiary alicyclic amines) is 1. The second kappa shape index (κ2) is 8.78. The molecule has 0 aliphatic carbocycles. The topological polar surface area (TPSA) is 41.6 Å².